The average Bonchev–Trinajstić information content (AvgIpc) is 3.07. The van der Waals surface area contributed by atoms with Gasteiger partial charge in [0.25, 0.3) is 0 Å². The normalized spacial score (nSPS) is 42.8. The summed E-state index contributed by atoms with van der Waals surface area (Å²) in [5, 5.41) is 9.39. The van der Waals surface area contributed by atoms with Gasteiger partial charge in [-0.1, -0.05) is 63.1 Å². The Balaban J connectivity index is 1.51. The van der Waals surface area contributed by atoms with Crippen molar-refractivity contribution in [2.75, 3.05) is 6.61 Å². The van der Waals surface area contributed by atoms with Gasteiger partial charge in [-0.2, -0.15) is 0 Å². The molecule has 4 aliphatic rings. The molecule has 0 spiro atoms. The Morgan fingerprint density at radius 1 is 1.17 bits per heavy atom. The Kier molecular flexibility index (Phi) is 6.42. The molecule has 8 atom stereocenters. The maximum atomic E-state index is 9.39. The molecule has 0 aromatic carbocycles. The molecule has 1 nitrogen and oxygen atoms in total. The SMILES string of the molecule is C=C(C)[C@H](/C=C\[C@@H](C)[C@H]1CC[C@H]2[C@@H]3CC=C4CCCC[C@]4(C)[C@H]3CC[C@]12C)CCO. The molecule has 168 valence electrons. The molecular weight excluding hydrogens is 364 g/mol. The van der Waals surface area contributed by atoms with Gasteiger partial charge in [0.2, 0.25) is 0 Å². The summed E-state index contributed by atoms with van der Waals surface area (Å²) in [7, 11) is 0. The molecule has 0 saturated heterocycles. The van der Waals surface area contributed by atoms with Crippen LogP contribution in [-0.4, -0.2) is 11.7 Å². The second-order valence-corrected chi connectivity index (χ2v) is 11.9. The molecule has 0 heterocycles. The van der Waals surface area contributed by atoms with Gasteiger partial charge in [0.1, 0.15) is 0 Å². The zero-order valence-corrected chi connectivity index (χ0v) is 20.1. The zero-order chi connectivity index (χ0) is 21.5. The van der Waals surface area contributed by atoms with Crippen LogP contribution in [0.1, 0.15) is 91.9 Å². The van der Waals surface area contributed by atoms with Gasteiger partial charge in [-0.3, -0.25) is 0 Å². The lowest BCUT2D eigenvalue weighted by molar-refractivity contribution is -0.0462. The molecule has 1 heteroatoms. The molecule has 0 aliphatic heterocycles. The molecule has 1 N–H and O–H groups in total. The van der Waals surface area contributed by atoms with Crippen LogP contribution in [0.3, 0.4) is 0 Å². The predicted molar refractivity (Wildman–Crippen MR) is 128 cm³/mol. The highest BCUT2D eigenvalue weighted by molar-refractivity contribution is 5.24. The summed E-state index contributed by atoms with van der Waals surface area (Å²) in [5.74, 6) is 4.54. The molecule has 0 radical (unpaired) electrons. The number of aliphatic hydroxyl groups is 1. The third-order valence-electron chi connectivity index (χ3n) is 10.4. The monoisotopic (exact) mass is 410 g/mol. The van der Waals surface area contributed by atoms with Gasteiger partial charge >= 0.3 is 0 Å². The minimum atomic E-state index is 0.247. The lowest BCUT2D eigenvalue weighted by Crippen LogP contribution is -2.49. The van der Waals surface area contributed by atoms with Gasteiger partial charge in [0.05, 0.1) is 0 Å². The standard InChI is InChI=1S/C29H46O/c1-20(2)22(16-19-30)10-9-21(3)25-13-14-26-24-12-11-23-8-6-7-17-28(23,4)27(24)15-18-29(25,26)5/h9-11,21-22,24-27,30H,1,6-8,12-19H2,2-5H3/b10-9-/t21-,22-,24+,25-,26+,27+,28+,29-/m1/s1. The van der Waals surface area contributed by atoms with Crippen LogP contribution in [0.15, 0.2) is 36.0 Å². The van der Waals surface area contributed by atoms with E-state index in [1.54, 1.807) is 0 Å². The number of hydrogen-bond acceptors (Lipinski definition) is 1. The minimum absolute atomic E-state index is 0.247. The lowest BCUT2D eigenvalue weighted by atomic mass is 9.47. The number of rotatable bonds is 6. The van der Waals surface area contributed by atoms with E-state index in [2.05, 4.69) is 52.5 Å². The number of hydrogen-bond donors (Lipinski definition) is 1. The van der Waals surface area contributed by atoms with E-state index in [9.17, 15) is 5.11 Å². The van der Waals surface area contributed by atoms with Crippen molar-refractivity contribution in [3.05, 3.63) is 36.0 Å². The second kappa shape index (κ2) is 8.61. The molecule has 3 saturated carbocycles. The fraction of sp³-hybridized carbons (Fsp3) is 0.793. The van der Waals surface area contributed by atoms with Crippen molar-refractivity contribution in [2.24, 2.45) is 46.3 Å². The van der Waals surface area contributed by atoms with E-state index >= 15 is 0 Å². The topological polar surface area (TPSA) is 20.2 Å². The molecule has 0 aromatic heterocycles. The van der Waals surface area contributed by atoms with E-state index in [1.165, 1.54) is 63.4 Å². The van der Waals surface area contributed by atoms with Crippen molar-refractivity contribution in [1.82, 2.24) is 0 Å². The fourth-order valence-corrected chi connectivity index (χ4v) is 8.69. The molecule has 30 heavy (non-hydrogen) atoms. The lowest BCUT2D eigenvalue weighted by Gasteiger charge is -2.58. The van der Waals surface area contributed by atoms with Gasteiger partial charge in [-0.15, -0.1) is 0 Å². The zero-order valence-electron chi connectivity index (χ0n) is 20.1. The molecule has 3 fully saturated rings. The van der Waals surface area contributed by atoms with E-state index in [0.29, 0.717) is 22.7 Å². The van der Waals surface area contributed by atoms with Crippen LogP contribution in [-0.2, 0) is 0 Å². The van der Waals surface area contributed by atoms with Crippen molar-refractivity contribution < 1.29 is 5.11 Å². The first kappa shape index (κ1) is 22.4. The van der Waals surface area contributed by atoms with Gasteiger partial charge in [0, 0.05) is 6.61 Å². The number of aliphatic hydroxyl groups excluding tert-OH is 1. The molecule has 0 bridgehead atoms. The third kappa shape index (κ3) is 3.68. The molecule has 0 unspecified atom stereocenters. The third-order valence-corrected chi connectivity index (χ3v) is 10.4. The molecular formula is C29H46O. The second-order valence-electron chi connectivity index (χ2n) is 11.9. The maximum Gasteiger partial charge on any atom is 0.0439 e. The van der Waals surface area contributed by atoms with Gasteiger partial charge < -0.3 is 5.11 Å². The van der Waals surface area contributed by atoms with Gasteiger partial charge in [-0.05, 0) is 111 Å². The Bertz CT molecular complexity index is 701. The molecule has 4 aliphatic carbocycles. The highest BCUT2D eigenvalue weighted by atomic mass is 16.3. The van der Waals surface area contributed by atoms with Crippen LogP contribution in [0.25, 0.3) is 0 Å². The van der Waals surface area contributed by atoms with Crippen LogP contribution < -0.4 is 0 Å². The van der Waals surface area contributed by atoms with E-state index in [-0.39, 0.29) is 6.61 Å². The van der Waals surface area contributed by atoms with Gasteiger partial charge in [-0.25, -0.2) is 0 Å². The maximum absolute atomic E-state index is 9.39. The summed E-state index contributed by atoms with van der Waals surface area (Å²) in [6.07, 6.45) is 21.1. The Morgan fingerprint density at radius 3 is 2.70 bits per heavy atom. The highest BCUT2D eigenvalue weighted by Crippen LogP contribution is 2.67. The van der Waals surface area contributed by atoms with E-state index in [1.807, 2.05) is 5.57 Å². The molecule has 0 aromatic rings. The summed E-state index contributed by atoms with van der Waals surface area (Å²) >= 11 is 0. The largest absolute Gasteiger partial charge is 0.396 e. The van der Waals surface area contributed by atoms with E-state index in [0.717, 1.165) is 30.1 Å². The average molecular weight is 411 g/mol. The van der Waals surface area contributed by atoms with Crippen molar-refractivity contribution in [2.45, 2.75) is 91.9 Å². The summed E-state index contributed by atoms with van der Waals surface area (Å²) < 4.78 is 0. The Hall–Kier alpha value is -0.820. The fourth-order valence-electron chi connectivity index (χ4n) is 8.69. The smallest absolute Gasteiger partial charge is 0.0439 e. The van der Waals surface area contributed by atoms with Crippen LogP contribution in [0.5, 0.6) is 0 Å². The van der Waals surface area contributed by atoms with E-state index in [4.69, 9.17) is 0 Å². The van der Waals surface area contributed by atoms with Crippen molar-refractivity contribution in [3.8, 4) is 0 Å². The summed E-state index contributed by atoms with van der Waals surface area (Å²) in [6, 6.07) is 0. The van der Waals surface area contributed by atoms with Crippen LogP contribution in [0.2, 0.25) is 0 Å². The quantitative estimate of drug-likeness (QED) is 0.444. The predicted octanol–water partition coefficient (Wildman–Crippen LogP) is 7.72. The van der Waals surface area contributed by atoms with Crippen molar-refractivity contribution in [1.29, 1.82) is 0 Å². The van der Waals surface area contributed by atoms with E-state index < -0.39 is 0 Å². The first-order valence-corrected chi connectivity index (χ1v) is 13.0. The number of allylic oxidation sites excluding steroid dienone is 5. The summed E-state index contributed by atoms with van der Waals surface area (Å²) in [6.45, 7) is 14.2. The molecule has 4 rings (SSSR count). The highest BCUT2D eigenvalue weighted by Gasteiger charge is 2.58. The minimum Gasteiger partial charge on any atom is -0.396 e. The van der Waals surface area contributed by atoms with Crippen LogP contribution >= 0.6 is 0 Å². The van der Waals surface area contributed by atoms with Crippen LogP contribution in [0.4, 0.5) is 0 Å². The first-order valence-electron chi connectivity index (χ1n) is 13.0. The first-order chi connectivity index (χ1) is 14.3. The van der Waals surface area contributed by atoms with Gasteiger partial charge in [0.15, 0.2) is 0 Å². The van der Waals surface area contributed by atoms with Crippen molar-refractivity contribution >= 4 is 0 Å². The Morgan fingerprint density at radius 2 is 1.97 bits per heavy atom. The van der Waals surface area contributed by atoms with Crippen LogP contribution in [0, 0.1) is 46.3 Å². The van der Waals surface area contributed by atoms with Crippen molar-refractivity contribution in [3.63, 3.8) is 0 Å². The summed E-state index contributed by atoms with van der Waals surface area (Å²) in [5.41, 5.74) is 4.04. The molecule has 0 amide bonds. The summed E-state index contributed by atoms with van der Waals surface area (Å²) in [4.78, 5) is 0. The Labute approximate surface area is 186 Å². The number of fused-ring (bicyclic) bond motifs is 5.